The highest BCUT2D eigenvalue weighted by Gasteiger charge is 2.19. The van der Waals surface area contributed by atoms with Gasteiger partial charge < -0.3 is 14.6 Å². The monoisotopic (exact) mass is 379 g/mol. The number of fused-ring (bicyclic) bond motifs is 1. The predicted molar refractivity (Wildman–Crippen MR) is 105 cm³/mol. The van der Waals surface area contributed by atoms with Crippen LogP contribution in [0.4, 0.5) is 0 Å². The fourth-order valence-corrected chi connectivity index (χ4v) is 3.26. The maximum atomic E-state index is 10.7. The van der Waals surface area contributed by atoms with Crippen molar-refractivity contribution in [3.8, 4) is 34.6 Å². The van der Waals surface area contributed by atoms with Crippen molar-refractivity contribution in [2.75, 3.05) is 14.2 Å². The SMILES string of the molecule is CCn1ccc(-n2c(O)c3ccc(-c4cnc(OC)c(OC)c4)nc3c2C)n1. The van der Waals surface area contributed by atoms with Crippen LogP contribution >= 0.6 is 0 Å². The van der Waals surface area contributed by atoms with E-state index in [9.17, 15) is 5.11 Å². The third-order valence-corrected chi connectivity index (χ3v) is 4.73. The third kappa shape index (κ3) is 2.74. The quantitative estimate of drug-likeness (QED) is 0.572. The molecule has 28 heavy (non-hydrogen) atoms. The number of aromatic hydroxyl groups is 1. The number of hydrogen-bond acceptors (Lipinski definition) is 6. The molecule has 0 saturated carbocycles. The summed E-state index contributed by atoms with van der Waals surface area (Å²) in [5.74, 6) is 1.73. The average Bonchev–Trinajstić information content (AvgIpc) is 3.30. The molecule has 0 aliphatic carbocycles. The van der Waals surface area contributed by atoms with Gasteiger partial charge in [-0.15, -0.1) is 0 Å². The molecule has 0 atom stereocenters. The Morgan fingerprint density at radius 2 is 1.96 bits per heavy atom. The zero-order valence-corrected chi connectivity index (χ0v) is 16.2. The van der Waals surface area contributed by atoms with Gasteiger partial charge in [-0.05, 0) is 32.0 Å². The highest BCUT2D eigenvalue weighted by atomic mass is 16.5. The lowest BCUT2D eigenvalue weighted by atomic mass is 10.1. The summed E-state index contributed by atoms with van der Waals surface area (Å²) in [6, 6.07) is 7.40. The lowest BCUT2D eigenvalue weighted by Gasteiger charge is -2.08. The van der Waals surface area contributed by atoms with Crippen LogP contribution in [0.25, 0.3) is 28.0 Å². The molecule has 0 unspecified atom stereocenters. The number of aryl methyl sites for hydroxylation is 2. The van der Waals surface area contributed by atoms with E-state index in [-0.39, 0.29) is 5.88 Å². The van der Waals surface area contributed by atoms with Crippen LogP contribution in [-0.2, 0) is 6.54 Å². The van der Waals surface area contributed by atoms with Crippen molar-refractivity contribution in [2.24, 2.45) is 0 Å². The zero-order chi connectivity index (χ0) is 19.8. The second-order valence-corrected chi connectivity index (χ2v) is 6.30. The van der Waals surface area contributed by atoms with Crippen molar-refractivity contribution >= 4 is 10.9 Å². The molecule has 4 aromatic heterocycles. The lowest BCUT2D eigenvalue weighted by Crippen LogP contribution is -2.00. The minimum absolute atomic E-state index is 0.123. The number of pyridine rings is 2. The van der Waals surface area contributed by atoms with Crippen LogP contribution < -0.4 is 9.47 Å². The minimum Gasteiger partial charge on any atom is -0.494 e. The van der Waals surface area contributed by atoms with E-state index >= 15 is 0 Å². The summed E-state index contributed by atoms with van der Waals surface area (Å²) >= 11 is 0. The normalized spacial score (nSPS) is 11.1. The third-order valence-electron chi connectivity index (χ3n) is 4.73. The highest BCUT2D eigenvalue weighted by Crippen LogP contribution is 2.35. The predicted octanol–water partition coefficient (Wildman–Crippen LogP) is 3.34. The first-order valence-corrected chi connectivity index (χ1v) is 8.90. The van der Waals surface area contributed by atoms with Crippen LogP contribution in [0.5, 0.6) is 17.5 Å². The molecule has 4 rings (SSSR count). The molecule has 0 aromatic carbocycles. The van der Waals surface area contributed by atoms with Gasteiger partial charge >= 0.3 is 0 Å². The molecule has 144 valence electrons. The van der Waals surface area contributed by atoms with Crippen LogP contribution in [0.1, 0.15) is 12.6 Å². The topological polar surface area (TPSA) is 87.2 Å². The van der Waals surface area contributed by atoms with Crippen molar-refractivity contribution < 1.29 is 14.6 Å². The van der Waals surface area contributed by atoms with Crippen molar-refractivity contribution in [2.45, 2.75) is 20.4 Å². The molecule has 4 aromatic rings. The highest BCUT2D eigenvalue weighted by molar-refractivity contribution is 5.90. The Kier molecular flexibility index (Phi) is 4.38. The molecule has 0 aliphatic rings. The molecule has 1 N–H and O–H groups in total. The summed E-state index contributed by atoms with van der Waals surface area (Å²) in [5.41, 5.74) is 3.03. The second-order valence-electron chi connectivity index (χ2n) is 6.30. The van der Waals surface area contributed by atoms with Gasteiger partial charge in [0.2, 0.25) is 5.88 Å². The van der Waals surface area contributed by atoms with Gasteiger partial charge in [0.1, 0.15) is 0 Å². The van der Waals surface area contributed by atoms with E-state index in [1.807, 2.05) is 49.0 Å². The van der Waals surface area contributed by atoms with E-state index in [0.29, 0.717) is 28.4 Å². The summed E-state index contributed by atoms with van der Waals surface area (Å²) in [6.45, 7) is 4.69. The van der Waals surface area contributed by atoms with Gasteiger partial charge in [-0.25, -0.2) is 9.97 Å². The Morgan fingerprint density at radius 3 is 2.64 bits per heavy atom. The molecule has 0 saturated heterocycles. The Labute approximate surface area is 162 Å². The van der Waals surface area contributed by atoms with Crippen molar-refractivity contribution in [3.63, 3.8) is 0 Å². The molecule has 0 bridgehead atoms. The summed E-state index contributed by atoms with van der Waals surface area (Å²) in [6.07, 6.45) is 3.57. The Balaban J connectivity index is 1.85. The van der Waals surface area contributed by atoms with Gasteiger partial charge in [-0.1, -0.05) is 0 Å². The molecule has 0 radical (unpaired) electrons. The van der Waals surface area contributed by atoms with Gasteiger partial charge in [0.05, 0.1) is 36.5 Å². The van der Waals surface area contributed by atoms with Gasteiger partial charge in [0.15, 0.2) is 11.6 Å². The van der Waals surface area contributed by atoms with Crippen LogP contribution in [0.15, 0.2) is 36.7 Å². The Bertz CT molecular complexity index is 1160. The molecule has 8 heteroatoms. The van der Waals surface area contributed by atoms with Gasteiger partial charge in [0.25, 0.3) is 5.88 Å². The summed E-state index contributed by atoms with van der Waals surface area (Å²) in [7, 11) is 3.11. The molecular weight excluding hydrogens is 358 g/mol. The first kappa shape index (κ1) is 17.8. The van der Waals surface area contributed by atoms with E-state index in [4.69, 9.17) is 14.5 Å². The maximum Gasteiger partial charge on any atom is 0.256 e. The fourth-order valence-electron chi connectivity index (χ4n) is 3.26. The van der Waals surface area contributed by atoms with Crippen LogP contribution in [-0.4, -0.2) is 43.6 Å². The molecule has 0 aliphatic heterocycles. The molecule has 0 amide bonds. The maximum absolute atomic E-state index is 10.7. The largest absolute Gasteiger partial charge is 0.494 e. The van der Waals surface area contributed by atoms with E-state index in [2.05, 4.69) is 10.1 Å². The number of hydrogen-bond donors (Lipinski definition) is 1. The van der Waals surface area contributed by atoms with Crippen LogP contribution in [0.2, 0.25) is 0 Å². The Hall–Kier alpha value is -3.55. The molecule has 8 nitrogen and oxygen atoms in total. The standard InChI is InChI=1S/C20H21N5O3/c1-5-24-9-8-17(23-24)25-12(2)18-14(20(25)26)6-7-15(22-18)13-10-16(27-3)19(28-4)21-11-13/h6-11,26H,5H2,1-4H3. The van der Waals surface area contributed by atoms with E-state index in [1.165, 1.54) is 0 Å². The molecule has 0 spiro atoms. The number of rotatable bonds is 5. The summed E-state index contributed by atoms with van der Waals surface area (Å²) in [5, 5.41) is 15.9. The Morgan fingerprint density at radius 1 is 1.14 bits per heavy atom. The number of ether oxygens (including phenoxy) is 2. The summed E-state index contributed by atoms with van der Waals surface area (Å²) < 4.78 is 14.0. The minimum atomic E-state index is 0.123. The number of methoxy groups -OCH3 is 2. The van der Waals surface area contributed by atoms with Crippen molar-refractivity contribution in [3.05, 3.63) is 42.4 Å². The molecule has 0 fully saturated rings. The van der Waals surface area contributed by atoms with Crippen molar-refractivity contribution in [1.29, 1.82) is 0 Å². The van der Waals surface area contributed by atoms with Crippen LogP contribution in [0.3, 0.4) is 0 Å². The van der Waals surface area contributed by atoms with E-state index < -0.39 is 0 Å². The van der Waals surface area contributed by atoms with Crippen LogP contribution in [0, 0.1) is 6.92 Å². The van der Waals surface area contributed by atoms with Gasteiger partial charge in [-0.2, -0.15) is 5.10 Å². The first-order valence-electron chi connectivity index (χ1n) is 8.90. The average molecular weight is 379 g/mol. The second kappa shape index (κ2) is 6.88. The number of nitrogens with zero attached hydrogens (tertiary/aromatic N) is 5. The molecule has 4 heterocycles. The summed E-state index contributed by atoms with van der Waals surface area (Å²) in [4.78, 5) is 9.03. The smallest absolute Gasteiger partial charge is 0.256 e. The van der Waals surface area contributed by atoms with E-state index in [1.54, 1.807) is 25.0 Å². The first-order chi connectivity index (χ1) is 13.6. The molecular formula is C20H21N5O3. The van der Waals surface area contributed by atoms with Crippen molar-refractivity contribution in [1.82, 2.24) is 24.3 Å². The van der Waals surface area contributed by atoms with E-state index in [0.717, 1.165) is 23.5 Å². The van der Waals surface area contributed by atoms with Gasteiger partial charge in [0, 0.05) is 30.6 Å². The van der Waals surface area contributed by atoms with Gasteiger partial charge in [-0.3, -0.25) is 9.25 Å². The fraction of sp³-hybridized carbons (Fsp3) is 0.250. The number of aromatic nitrogens is 5. The lowest BCUT2D eigenvalue weighted by molar-refractivity contribution is 0.343. The zero-order valence-electron chi connectivity index (χ0n) is 16.2.